The van der Waals surface area contributed by atoms with Gasteiger partial charge in [0.15, 0.2) is 0 Å². The molecule has 1 saturated heterocycles. The Balaban J connectivity index is 1.89. The molecular formula is C14H18N2O4. The fraction of sp³-hybridized carbons (Fsp3) is 0.429. The van der Waals surface area contributed by atoms with Crippen molar-refractivity contribution in [2.24, 2.45) is 0 Å². The molecule has 0 spiro atoms. The SMILES string of the molecule is CCCOc1ccc(OC(=O)N(C)[C@H]2CNC2=O)cc1. The summed E-state index contributed by atoms with van der Waals surface area (Å²) in [7, 11) is 1.55. The van der Waals surface area contributed by atoms with E-state index >= 15 is 0 Å². The summed E-state index contributed by atoms with van der Waals surface area (Å²) in [6, 6.07) is 6.38. The Hall–Kier alpha value is -2.24. The molecule has 0 aromatic heterocycles. The lowest BCUT2D eigenvalue weighted by atomic mass is 10.1. The van der Waals surface area contributed by atoms with Crippen molar-refractivity contribution in [3.63, 3.8) is 0 Å². The highest BCUT2D eigenvalue weighted by Crippen LogP contribution is 2.19. The first kappa shape index (κ1) is 14.2. The van der Waals surface area contributed by atoms with Crippen molar-refractivity contribution in [1.82, 2.24) is 10.2 Å². The quantitative estimate of drug-likeness (QED) is 0.827. The molecule has 1 aromatic carbocycles. The zero-order valence-electron chi connectivity index (χ0n) is 11.6. The molecule has 1 fully saturated rings. The van der Waals surface area contributed by atoms with E-state index in [1.807, 2.05) is 6.92 Å². The number of ether oxygens (including phenoxy) is 2. The number of benzene rings is 1. The summed E-state index contributed by atoms with van der Waals surface area (Å²) in [5.41, 5.74) is 0. The number of carbonyl (C=O) groups excluding carboxylic acids is 2. The highest BCUT2D eigenvalue weighted by molar-refractivity contribution is 5.91. The lowest BCUT2D eigenvalue weighted by Crippen LogP contribution is -2.62. The third-order valence-electron chi connectivity index (χ3n) is 3.03. The van der Waals surface area contributed by atoms with Crippen molar-refractivity contribution >= 4 is 12.0 Å². The van der Waals surface area contributed by atoms with Gasteiger partial charge in [0.05, 0.1) is 6.61 Å². The number of hydrogen-bond donors (Lipinski definition) is 1. The van der Waals surface area contributed by atoms with E-state index in [-0.39, 0.29) is 5.91 Å². The van der Waals surface area contributed by atoms with Crippen molar-refractivity contribution in [2.75, 3.05) is 20.2 Å². The van der Waals surface area contributed by atoms with Gasteiger partial charge in [-0.25, -0.2) is 4.79 Å². The second-order valence-corrected chi connectivity index (χ2v) is 4.56. The number of rotatable bonds is 5. The minimum Gasteiger partial charge on any atom is -0.494 e. The molecule has 2 amide bonds. The first-order chi connectivity index (χ1) is 9.61. The van der Waals surface area contributed by atoms with Gasteiger partial charge < -0.3 is 14.8 Å². The predicted octanol–water partition coefficient (Wildman–Crippen LogP) is 1.40. The van der Waals surface area contributed by atoms with Crippen LogP contribution in [-0.2, 0) is 4.79 Å². The van der Waals surface area contributed by atoms with Crippen LogP contribution in [0.2, 0.25) is 0 Å². The minimum atomic E-state index is -0.549. The number of hydrogen-bond acceptors (Lipinski definition) is 4. The van der Waals surface area contributed by atoms with Crippen molar-refractivity contribution in [2.45, 2.75) is 19.4 Å². The van der Waals surface area contributed by atoms with Crippen LogP contribution in [0.15, 0.2) is 24.3 Å². The summed E-state index contributed by atoms with van der Waals surface area (Å²) in [6.45, 7) is 3.15. The number of likely N-dealkylation sites (N-methyl/N-ethyl adjacent to an activating group) is 1. The van der Waals surface area contributed by atoms with Crippen LogP contribution in [0.5, 0.6) is 11.5 Å². The topological polar surface area (TPSA) is 67.9 Å². The summed E-state index contributed by atoms with van der Waals surface area (Å²) in [4.78, 5) is 24.3. The number of amides is 2. The van der Waals surface area contributed by atoms with E-state index in [4.69, 9.17) is 9.47 Å². The molecule has 1 aliphatic rings. The highest BCUT2D eigenvalue weighted by Gasteiger charge is 2.35. The van der Waals surface area contributed by atoms with Crippen LogP contribution in [0.25, 0.3) is 0 Å². The molecular weight excluding hydrogens is 260 g/mol. The molecule has 108 valence electrons. The van der Waals surface area contributed by atoms with E-state index in [0.29, 0.717) is 18.9 Å². The molecule has 0 aliphatic carbocycles. The minimum absolute atomic E-state index is 0.159. The Morgan fingerprint density at radius 3 is 2.50 bits per heavy atom. The molecule has 1 aromatic rings. The molecule has 0 radical (unpaired) electrons. The van der Waals surface area contributed by atoms with Crippen LogP contribution in [0.4, 0.5) is 4.79 Å². The predicted molar refractivity (Wildman–Crippen MR) is 72.8 cm³/mol. The monoisotopic (exact) mass is 278 g/mol. The van der Waals surface area contributed by atoms with Crippen molar-refractivity contribution in [1.29, 1.82) is 0 Å². The van der Waals surface area contributed by atoms with Gasteiger partial charge in [-0.2, -0.15) is 0 Å². The summed E-state index contributed by atoms with van der Waals surface area (Å²) in [6.07, 6.45) is 0.386. The molecule has 2 rings (SSSR count). The maximum Gasteiger partial charge on any atom is 0.415 e. The largest absolute Gasteiger partial charge is 0.494 e. The van der Waals surface area contributed by atoms with Crippen LogP contribution in [-0.4, -0.2) is 43.1 Å². The number of nitrogens with zero attached hydrogens (tertiary/aromatic N) is 1. The maximum absolute atomic E-state index is 11.8. The Bertz CT molecular complexity index is 486. The third-order valence-corrected chi connectivity index (χ3v) is 3.03. The number of carbonyl (C=O) groups is 2. The van der Waals surface area contributed by atoms with Crippen LogP contribution in [0.1, 0.15) is 13.3 Å². The van der Waals surface area contributed by atoms with Gasteiger partial charge >= 0.3 is 6.09 Å². The Kier molecular flexibility index (Phi) is 4.45. The summed E-state index contributed by atoms with van der Waals surface area (Å²) in [5.74, 6) is 0.997. The van der Waals surface area contributed by atoms with Crippen molar-refractivity contribution in [3.05, 3.63) is 24.3 Å². The molecule has 1 atom stereocenters. The maximum atomic E-state index is 11.8. The zero-order chi connectivity index (χ0) is 14.5. The zero-order valence-corrected chi connectivity index (χ0v) is 11.6. The second-order valence-electron chi connectivity index (χ2n) is 4.56. The van der Waals surface area contributed by atoms with E-state index < -0.39 is 12.1 Å². The third kappa shape index (κ3) is 3.20. The molecule has 0 unspecified atom stereocenters. The normalized spacial score (nSPS) is 16.9. The summed E-state index contributed by atoms with van der Waals surface area (Å²) < 4.78 is 10.6. The van der Waals surface area contributed by atoms with Gasteiger partial charge in [0.25, 0.3) is 0 Å². The Labute approximate surface area is 117 Å². The molecule has 0 bridgehead atoms. The first-order valence-corrected chi connectivity index (χ1v) is 6.57. The van der Waals surface area contributed by atoms with E-state index in [2.05, 4.69) is 5.32 Å². The van der Waals surface area contributed by atoms with E-state index in [1.165, 1.54) is 4.90 Å². The number of nitrogens with one attached hydrogen (secondary N) is 1. The standard InChI is InChI=1S/C14H18N2O4/c1-3-8-19-10-4-6-11(7-5-10)20-14(18)16(2)12-9-15-13(12)17/h4-7,12H,3,8-9H2,1-2H3,(H,15,17)/t12-/m0/s1. The van der Waals surface area contributed by atoms with Crippen molar-refractivity contribution in [3.8, 4) is 11.5 Å². The molecule has 1 aliphatic heterocycles. The summed E-state index contributed by atoms with van der Waals surface area (Å²) in [5, 5.41) is 2.58. The van der Waals surface area contributed by atoms with Crippen LogP contribution in [0, 0.1) is 0 Å². The highest BCUT2D eigenvalue weighted by atomic mass is 16.6. The fourth-order valence-electron chi connectivity index (χ4n) is 1.71. The van der Waals surface area contributed by atoms with Gasteiger partial charge in [0, 0.05) is 13.6 Å². The fourth-order valence-corrected chi connectivity index (χ4v) is 1.71. The lowest BCUT2D eigenvalue weighted by molar-refractivity contribution is -0.131. The van der Waals surface area contributed by atoms with Crippen molar-refractivity contribution < 1.29 is 19.1 Å². The van der Waals surface area contributed by atoms with Crippen LogP contribution < -0.4 is 14.8 Å². The van der Waals surface area contributed by atoms with Gasteiger partial charge in [-0.15, -0.1) is 0 Å². The molecule has 0 saturated carbocycles. The lowest BCUT2D eigenvalue weighted by Gasteiger charge is -2.33. The van der Waals surface area contributed by atoms with Gasteiger partial charge in [0.1, 0.15) is 17.5 Å². The van der Waals surface area contributed by atoms with E-state index in [9.17, 15) is 9.59 Å². The first-order valence-electron chi connectivity index (χ1n) is 6.57. The van der Waals surface area contributed by atoms with E-state index in [0.717, 1.165) is 12.2 Å². The van der Waals surface area contributed by atoms with Crippen LogP contribution in [0.3, 0.4) is 0 Å². The average Bonchev–Trinajstić information content (AvgIpc) is 2.44. The number of β-lactam (4-membered cyclic amide) rings is 1. The molecule has 1 heterocycles. The van der Waals surface area contributed by atoms with Crippen LogP contribution >= 0.6 is 0 Å². The van der Waals surface area contributed by atoms with Gasteiger partial charge in [-0.05, 0) is 30.7 Å². The van der Waals surface area contributed by atoms with E-state index in [1.54, 1.807) is 31.3 Å². The second kappa shape index (κ2) is 6.27. The molecule has 6 nitrogen and oxygen atoms in total. The average molecular weight is 278 g/mol. The van der Waals surface area contributed by atoms with Gasteiger partial charge in [-0.1, -0.05) is 6.92 Å². The Morgan fingerprint density at radius 1 is 1.35 bits per heavy atom. The summed E-state index contributed by atoms with van der Waals surface area (Å²) >= 11 is 0. The van der Waals surface area contributed by atoms with Gasteiger partial charge in [-0.3, -0.25) is 9.69 Å². The molecule has 20 heavy (non-hydrogen) atoms. The smallest absolute Gasteiger partial charge is 0.415 e. The Morgan fingerprint density at radius 2 is 2.00 bits per heavy atom. The molecule has 1 N–H and O–H groups in total. The van der Waals surface area contributed by atoms with Gasteiger partial charge in [0.2, 0.25) is 5.91 Å². The molecule has 6 heteroatoms.